The van der Waals surface area contributed by atoms with Gasteiger partial charge in [-0.25, -0.2) is 9.97 Å². The van der Waals surface area contributed by atoms with E-state index in [1.165, 1.54) is 24.3 Å². The van der Waals surface area contributed by atoms with Crippen LogP contribution in [0, 0.1) is 10.6 Å². The molecule has 0 atom stereocenters. The molecule has 3 heterocycles. The molecule has 0 fully saturated rings. The Hall–Kier alpha value is -2.89. The Morgan fingerprint density at radius 2 is 1.80 bits per heavy atom. The molecule has 0 aliphatic carbocycles. The van der Waals surface area contributed by atoms with Gasteiger partial charge < -0.3 is 9.30 Å². The largest absolute Gasteiger partial charge is 0.573 e. The molecule has 0 spiro atoms. The molecule has 30 heavy (non-hydrogen) atoms. The van der Waals surface area contributed by atoms with Crippen LogP contribution < -0.4 is 4.74 Å². The summed E-state index contributed by atoms with van der Waals surface area (Å²) in [6.45, 7) is 2.56. The van der Waals surface area contributed by atoms with Gasteiger partial charge in [-0.3, -0.25) is 4.68 Å². The third-order valence-corrected chi connectivity index (χ3v) is 4.95. The molecule has 0 unspecified atom stereocenters. The number of hydrogen-bond acceptors (Lipinski definition) is 4. The number of nitrogens with zero attached hydrogens (tertiary/aromatic N) is 5. The summed E-state index contributed by atoms with van der Waals surface area (Å²) in [5, 5.41) is 4.63. The highest BCUT2D eigenvalue weighted by atomic mass is 127. The molecule has 3 aromatic heterocycles. The van der Waals surface area contributed by atoms with Crippen molar-refractivity contribution in [1.82, 2.24) is 24.3 Å². The van der Waals surface area contributed by atoms with Crippen LogP contribution in [0.4, 0.5) is 13.2 Å². The van der Waals surface area contributed by atoms with Gasteiger partial charge in [-0.15, -0.1) is 13.2 Å². The van der Waals surface area contributed by atoms with E-state index in [2.05, 4.69) is 42.4 Å². The summed E-state index contributed by atoms with van der Waals surface area (Å²) in [7, 11) is 0. The third kappa shape index (κ3) is 4.81. The maximum atomic E-state index is 12.3. The zero-order chi connectivity index (χ0) is 21.3. The fourth-order valence-electron chi connectivity index (χ4n) is 2.88. The Kier molecular flexibility index (Phi) is 5.50. The second kappa shape index (κ2) is 8.09. The first-order valence-corrected chi connectivity index (χ1v) is 9.90. The number of pyridine rings is 1. The van der Waals surface area contributed by atoms with Gasteiger partial charge in [0.05, 0.1) is 12.9 Å². The van der Waals surface area contributed by atoms with Crippen LogP contribution in [0.1, 0.15) is 11.3 Å². The third-order valence-electron chi connectivity index (χ3n) is 4.32. The molecule has 0 radical (unpaired) electrons. The van der Waals surface area contributed by atoms with Crippen LogP contribution in [0.3, 0.4) is 0 Å². The van der Waals surface area contributed by atoms with E-state index in [9.17, 15) is 13.2 Å². The van der Waals surface area contributed by atoms with Gasteiger partial charge in [-0.1, -0.05) is 6.07 Å². The molecule has 0 amide bonds. The van der Waals surface area contributed by atoms with Gasteiger partial charge in [0.25, 0.3) is 0 Å². The molecular weight excluding hydrogens is 510 g/mol. The predicted octanol–water partition coefficient (Wildman–Crippen LogP) is 4.99. The Morgan fingerprint density at radius 1 is 1.03 bits per heavy atom. The van der Waals surface area contributed by atoms with E-state index in [0.717, 1.165) is 15.0 Å². The minimum atomic E-state index is -4.71. The lowest BCUT2D eigenvalue weighted by molar-refractivity contribution is -0.274. The molecule has 0 bridgehead atoms. The summed E-state index contributed by atoms with van der Waals surface area (Å²) in [4.78, 5) is 8.67. The van der Waals surface area contributed by atoms with Gasteiger partial charge in [0.1, 0.15) is 20.8 Å². The van der Waals surface area contributed by atoms with E-state index in [4.69, 9.17) is 0 Å². The molecule has 154 valence electrons. The number of aryl methyl sites for hydroxylation is 1. The quantitative estimate of drug-likeness (QED) is 0.272. The molecule has 4 aromatic rings. The number of benzene rings is 1. The highest BCUT2D eigenvalue weighted by molar-refractivity contribution is 14.1. The van der Waals surface area contributed by atoms with Gasteiger partial charge in [0.15, 0.2) is 0 Å². The average Bonchev–Trinajstić information content (AvgIpc) is 3.30. The van der Waals surface area contributed by atoms with Crippen molar-refractivity contribution in [3.8, 4) is 22.8 Å². The smallest absolute Gasteiger partial charge is 0.406 e. The highest BCUT2D eigenvalue weighted by Gasteiger charge is 2.31. The van der Waals surface area contributed by atoms with Crippen molar-refractivity contribution in [2.75, 3.05) is 0 Å². The lowest BCUT2D eigenvalue weighted by atomic mass is 10.3. The van der Waals surface area contributed by atoms with Gasteiger partial charge in [0.2, 0.25) is 0 Å². The van der Waals surface area contributed by atoms with Crippen LogP contribution in [-0.2, 0) is 6.54 Å². The Bertz CT molecular complexity index is 1150. The number of aromatic nitrogens is 5. The predicted molar refractivity (Wildman–Crippen MR) is 112 cm³/mol. The lowest BCUT2D eigenvalue weighted by Gasteiger charge is -2.09. The zero-order valence-electron chi connectivity index (χ0n) is 15.6. The first kappa shape index (κ1) is 20.4. The number of ether oxygens (including phenoxy) is 1. The van der Waals surface area contributed by atoms with Gasteiger partial charge in [0, 0.05) is 23.8 Å². The van der Waals surface area contributed by atoms with Crippen molar-refractivity contribution in [2.24, 2.45) is 0 Å². The summed E-state index contributed by atoms with van der Waals surface area (Å²) in [5.41, 5.74) is 4.05. The fraction of sp³-hybridized carbons (Fsp3) is 0.150. The van der Waals surface area contributed by atoms with Crippen molar-refractivity contribution in [2.45, 2.75) is 19.8 Å². The molecule has 1 aromatic carbocycles. The van der Waals surface area contributed by atoms with Crippen LogP contribution in [0.5, 0.6) is 5.75 Å². The van der Waals surface area contributed by atoms with Crippen LogP contribution in [-0.4, -0.2) is 30.7 Å². The van der Waals surface area contributed by atoms with E-state index in [-0.39, 0.29) is 5.75 Å². The maximum absolute atomic E-state index is 12.3. The van der Waals surface area contributed by atoms with Crippen LogP contribution >= 0.6 is 22.6 Å². The number of alkyl halides is 3. The summed E-state index contributed by atoms with van der Waals surface area (Å²) in [6, 6.07) is 11.5. The van der Waals surface area contributed by atoms with E-state index in [0.29, 0.717) is 23.6 Å². The first-order valence-electron chi connectivity index (χ1n) is 8.82. The molecule has 0 saturated carbocycles. The summed E-state index contributed by atoms with van der Waals surface area (Å²) in [5.74, 6) is -0.272. The Morgan fingerprint density at radius 3 is 2.47 bits per heavy atom. The number of rotatable bonds is 5. The SMILES string of the molecule is Cc1cc(-c2cn(-c3ccc(OC(F)(F)F)cc3)cn2)nn1Cc1ccc(I)nc1. The molecule has 0 N–H and O–H groups in total. The van der Waals surface area contributed by atoms with Crippen molar-refractivity contribution in [3.63, 3.8) is 0 Å². The summed E-state index contributed by atoms with van der Waals surface area (Å²) >= 11 is 2.16. The van der Waals surface area contributed by atoms with Crippen LogP contribution in [0.25, 0.3) is 17.1 Å². The highest BCUT2D eigenvalue weighted by Crippen LogP contribution is 2.25. The molecular formula is C20H15F3IN5O. The van der Waals surface area contributed by atoms with E-state index >= 15 is 0 Å². The van der Waals surface area contributed by atoms with E-state index < -0.39 is 6.36 Å². The minimum absolute atomic E-state index is 0.272. The zero-order valence-corrected chi connectivity index (χ0v) is 17.8. The van der Waals surface area contributed by atoms with Crippen LogP contribution in [0.15, 0.2) is 61.2 Å². The van der Waals surface area contributed by atoms with Crippen molar-refractivity contribution in [3.05, 3.63) is 76.1 Å². The Balaban J connectivity index is 1.52. The number of hydrogen-bond donors (Lipinski definition) is 0. The summed E-state index contributed by atoms with van der Waals surface area (Å²) in [6.07, 6.45) is 0.475. The topological polar surface area (TPSA) is 57.8 Å². The standard InChI is InChI=1S/C20H15F3IN5O/c1-13-8-17(27-29(13)10-14-2-7-19(24)25-9-14)18-11-28(12-26-18)15-3-5-16(6-4-15)30-20(21,22)23/h2-9,11-12H,10H2,1H3. The van der Waals surface area contributed by atoms with Gasteiger partial charge in [-0.2, -0.15) is 5.10 Å². The van der Waals surface area contributed by atoms with Crippen LogP contribution in [0.2, 0.25) is 0 Å². The first-order chi connectivity index (χ1) is 14.3. The molecule has 10 heteroatoms. The van der Waals surface area contributed by atoms with Crippen molar-refractivity contribution in [1.29, 1.82) is 0 Å². The number of imidazole rings is 1. The van der Waals surface area contributed by atoms with Crippen molar-refractivity contribution < 1.29 is 17.9 Å². The summed E-state index contributed by atoms with van der Waals surface area (Å²) < 4.78 is 45.3. The maximum Gasteiger partial charge on any atom is 0.573 e. The van der Waals surface area contributed by atoms with Gasteiger partial charge in [-0.05, 0) is 71.5 Å². The molecule has 4 rings (SSSR count). The second-order valence-corrected chi connectivity index (χ2v) is 7.63. The Labute approximate surface area is 183 Å². The van der Waals surface area contributed by atoms with E-state index in [1.54, 1.807) is 17.1 Å². The molecule has 0 aliphatic rings. The average molecular weight is 525 g/mol. The normalized spacial score (nSPS) is 11.6. The van der Waals surface area contributed by atoms with Crippen molar-refractivity contribution >= 4 is 22.6 Å². The van der Waals surface area contributed by atoms with E-state index in [1.807, 2.05) is 36.0 Å². The second-order valence-electron chi connectivity index (χ2n) is 6.53. The lowest BCUT2D eigenvalue weighted by Crippen LogP contribution is -2.17. The van der Waals surface area contributed by atoms with Gasteiger partial charge >= 0.3 is 6.36 Å². The number of halogens is 4. The molecule has 0 aliphatic heterocycles. The fourth-order valence-corrected chi connectivity index (χ4v) is 3.20. The molecule has 0 saturated heterocycles. The minimum Gasteiger partial charge on any atom is -0.406 e. The molecule has 6 nitrogen and oxygen atoms in total. The monoisotopic (exact) mass is 525 g/mol.